The lowest BCUT2D eigenvalue weighted by molar-refractivity contribution is -0.128. The zero-order valence-electron chi connectivity index (χ0n) is 14.9. The van der Waals surface area contributed by atoms with Crippen LogP contribution in [0.15, 0.2) is 48.5 Å². The van der Waals surface area contributed by atoms with E-state index in [1.54, 1.807) is 4.90 Å². The molecule has 0 aliphatic carbocycles. The number of alkyl halides is 2. The smallest absolute Gasteiger partial charge is 0.387 e. The number of ether oxygens (including phenoxy) is 1. The molecular formula is C20H19ClF2N2O3. The molecule has 0 spiro atoms. The van der Waals surface area contributed by atoms with Crippen molar-refractivity contribution in [3.05, 3.63) is 59.1 Å². The average Bonchev–Trinajstić information content (AvgIpc) is 3.04. The summed E-state index contributed by atoms with van der Waals surface area (Å²) in [6, 6.07) is 13.8. The third-order valence-corrected chi connectivity index (χ3v) is 4.81. The van der Waals surface area contributed by atoms with Crippen molar-refractivity contribution in [1.29, 1.82) is 0 Å². The Morgan fingerprint density at radius 3 is 2.68 bits per heavy atom. The average molecular weight is 409 g/mol. The minimum absolute atomic E-state index is 0.0370. The molecule has 5 nitrogen and oxygen atoms in total. The van der Waals surface area contributed by atoms with Crippen molar-refractivity contribution < 1.29 is 23.1 Å². The first kappa shape index (κ1) is 20.1. The van der Waals surface area contributed by atoms with Crippen LogP contribution in [0.4, 0.5) is 14.5 Å². The van der Waals surface area contributed by atoms with Gasteiger partial charge in [-0.25, -0.2) is 0 Å². The molecule has 3 rings (SSSR count). The molecule has 1 heterocycles. The van der Waals surface area contributed by atoms with E-state index >= 15 is 0 Å². The summed E-state index contributed by atoms with van der Waals surface area (Å²) in [6.07, 6.45) is 0.864. The second-order valence-electron chi connectivity index (χ2n) is 6.49. The predicted octanol–water partition coefficient (Wildman–Crippen LogP) is 3.97. The van der Waals surface area contributed by atoms with Gasteiger partial charge in [-0.05, 0) is 30.2 Å². The number of hydrogen-bond acceptors (Lipinski definition) is 3. The van der Waals surface area contributed by atoms with E-state index in [1.807, 2.05) is 30.3 Å². The highest BCUT2D eigenvalue weighted by molar-refractivity contribution is 6.32. The topological polar surface area (TPSA) is 58.6 Å². The Balaban J connectivity index is 1.55. The molecule has 2 aromatic rings. The van der Waals surface area contributed by atoms with Crippen LogP contribution in [-0.4, -0.2) is 36.4 Å². The van der Waals surface area contributed by atoms with E-state index in [2.05, 4.69) is 10.1 Å². The summed E-state index contributed by atoms with van der Waals surface area (Å²) in [5.74, 6) is -1.01. The lowest BCUT2D eigenvalue weighted by Crippen LogP contribution is -2.30. The number of nitrogens with one attached hydrogen (secondary N) is 1. The molecule has 0 radical (unpaired) electrons. The van der Waals surface area contributed by atoms with Crippen LogP contribution in [0.5, 0.6) is 5.75 Å². The van der Waals surface area contributed by atoms with Gasteiger partial charge < -0.3 is 15.0 Å². The number of carbonyl (C=O) groups excluding carboxylic acids is 2. The molecule has 1 fully saturated rings. The van der Waals surface area contributed by atoms with Crippen molar-refractivity contribution in [2.45, 2.75) is 19.5 Å². The van der Waals surface area contributed by atoms with Crippen LogP contribution in [0.1, 0.15) is 12.0 Å². The molecule has 28 heavy (non-hydrogen) atoms. The molecule has 1 atom stereocenters. The minimum Gasteiger partial charge on any atom is -0.433 e. The molecule has 8 heteroatoms. The first-order valence-electron chi connectivity index (χ1n) is 8.79. The lowest BCUT2D eigenvalue weighted by atomic mass is 10.1. The van der Waals surface area contributed by atoms with E-state index in [-0.39, 0.29) is 29.0 Å². The molecular weight excluding hydrogens is 390 g/mol. The molecule has 0 aromatic heterocycles. The molecule has 1 aliphatic heterocycles. The maximum Gasteiger partial charge on any atom is 0.387 e. The van der Waals surface area contributed by atoms with E-state index in [4.69, 9.17) is 11.6 Å². The number of nitrogens with zero attached hydrogens (tertiary/aromatic N) is 1. The third kappa shape index (κ3) is 5.19. The molecule has 0 saturated carbocycles. The number of amides is 2. The van der Waals surface area contributed by atoms with E-state index in [0.717, 1.165) is 12.0 Å². The number of likely N-dealkylation sites (tertiary alicyclic amines) is 1. The molecule has 2 aromatic carbocycles. The fourth-order valence-corrected chi connectivity index (χ4v) is 3.31. The van der Waals surface area contributed by atoms with E-state index in [9.17, 15) is 18.4 Å². The second-order valence-corrected chi connectivity index (χ2v) is 6.90. The van der Waals surface area contributed by atoms with Gasteiger partial charge in [-0.3, -0.25) is 9.59 Å². The zero-order chi connectivity index (χ0) is 20.1. The van der Waals surface area contributed by atoms with Gasteiger partial charge in [0.25, 0.3) is 0 Å². The van der Waals surface area contributed by atoms with E-state index < -0.39 is 12.5 Å². The summed E-state index contributed by atoms with van der Waals surface area (Å²) in [4.78, 5) is 26.4. The molecule has 1 aliphatic rings. The number of anilines is 1. The van der Waals surface area contributed by atoms with Crippen molar-refractivity contribution in [1.82, 2.24) is 4.90 Å². The van der Waals surface area contributed by atoms with Gasteiger partial charge in [0, 0.05) is 25.2 Å². The zero-order valence-corrected chi connectivity index (χ0v) is 15.7. The molecule has 1 saturated heterocycles. The molecule has 1 N–H and O–H groups in total. The summed E-state index contributed by atoms with van der Waals surface area (Å²) in [5.41, 5.74) is 1.48. The van der Waals surface area contributed by atoms with Crippen LogP contribution in [0.25, 0.3) is 0 Å². The van der Waals surface area contributed by atoms with Crippen LogP contribution in [0, 0.1) is 5.92 Å². The number of carbonyl (C=O) groups is 2. The summed E-state index contributed by atoms with van der Waals surface area (Å²) < 4.78 is 28.8. The molecule has 0 bridgehead atoms. The van der Waals surface area contributed by atoms with Crippen LogP contribution in [0.2, 0.25) is 5.02 Å². The van der Waals surface area contributed by atoms with Crippen molar-refractivity contribution in [2.75, 3.05) is 18.4 Å². The second kappa shape index (κ2) is 9.01. The van der Waals surface area contributed by atoms with Gasteiger partial charge in [-0.15, -0.1) is 0 Å². The number of benzene rings is 2. The summed E-state index contributed by atoms with van der Waals surface area (Å²) >= 11 is 5.89. The largest absolute Gasteiger partial charge is 0.433 e. The molecule has 1 unspecified atom stereocenters. The van der Waals surface area contributed by atoms with Gasteiger partial charge in [0.05, 0.1) is 10.9 Å². The maximum atomic E-state index is 12.5. The third-order valence-electron chi connectivity index (χ3n) is 4.51. The van der Waals surface area contributed by atoms with Gasteiger partial charge in [0.1, 0.15) is 5.75 Å². The van der Waals surface area contributed by atoms with E-state index in [0.29, 0.717) is 18.8 Å². The SMILES string of the molecule is O=C(Nc1ccc(OC(F)F)c(Cl)c1)C1CC(=O)N(CCc2ccccc2)C1. The monoisotopic (exact) mass is 408 g/mol. The van der Waals surface area contributed by atoms with Crippen molar-refractivity contribution in [3.63, 3.8) is 0 Å². The lowest BCUT2D eigenvalue weighted by Gasteiger charge is -2.16. The summed E-state index contributed by atoms with van der Waals surface area (Å²) in [6.45, 7) is -2.08. The number of rotatable bonds is 7. The minimum atomic E-state index is -2.98. The highest BCUT2D eigenvalue weighted by Gasteiger charge is 2.34. The van der Waals surface area contributed by atoms with Crippen LogP contribution in [0.3, 0.4) is 0 Å². The highest BCUT2D eigenvalue weighted by Crippen LogP contribution is 2.29. The number of halogens is 3. The Kier molecular flexibility index (Phi) is 6.46. The van der Waals surface area contributed by atoms with Gasteiger partial charge in [-0.2, -0.15) is 8.78 Å². The van der Waals surface area contributed by atoms with E-state index in [1.165, 1.54) is 18.2 Å². The molecule has 2 amide bonds. The predicted molar refractivity (Wildman–Crippen MR) is 102 cm³/mol. The van der Waals surface area contributed by atoms with Crippen molar-refractivity contribution >= 4 is 29.1 Å². The summed E-state index contributed by atoms with van der Waals surface area (Å²) in [7, 11) is 0. The quantitative estimate of drug-likeness (QED) is 0.754. The number of hydrogen-bond donors (Lipinski definition) is 1. The highest BCUT2D eigenvalue weighted by atomic mass is 35.5. The Morgan fingerprint density at radius 2 is 2.00 bits per heavy atom. The van der Waals surface area contributed by atoms with Gasteiger partial charge in [0.15, 0.2) is 0 Å². The Morgan fingerprint density at radius 1 is 1.25 bits per heavy atom. The van der Waals surface area contributed by atoms with Gasteiger partial charge >= 0.3 is 6.61 Å². The molecule has 148 valence electrons. The Bertz CT molecular complexity index is 849. The van der Waals surface area contributed by atoms with Crippen LogP contribution >= 0.6 is 11.6 Å². The fraction of sp³-hybridized carbons (Fsp3) is 0.300. The fourth-order valence-electron chi connectivity index (χ4n) is 3.09. The standard InChI is InChI=1S/C20H19ClF2N2O3/c21-16-11-15(6-7-17(16)28-20(22)23)24-19(27)14-10-18(26)25(12-14)9-8-13-4-2-1-3-5-13/h1-7,11,14,20H,8-10,12H2,(H,24,27). The van der Waals surface area contributed by atoms with Gasteiger partial charge in [-0.1, -0.05) is 41.9 Å². The Hall–Kier alpha value is -2.67. The normalized spacial score (nSPS) is 16.5. The Labute approximate surface area is 166 Å². The maximum absolute atomic E-state index is 12.5. The van der Waals surface area contributed by atoms with Crippen molar-refractivity contribution in [2.24, 2.45) is 5.92 Å². The van der Waals surface area contributed by atoms with Crippen LogP contribution in [-0.2, 0) is 16.0 Å². The first-order valence-corrected chi connectivity index (χ1v) is 9.17. The summed E-state index contributed by atoms with van der Waals surface area (Å²) in [5, 5.41) is 2.64. The van der Waals surface area contributed by atoms with Crippen molar-refractivity contribution in [3.8, 4) is 5.75 Å². The van der Waals surface area contributed by atoms with Crippen LogP contribution < -0.4 is 10.1 Å². The first-order chi connectivity index (χ1) is 13.4. The van der Waals surface area contributed by atoms with Gasteiger partial charge in [0.2, 0.25) is 11.8 Å².